The molecule has 2 fully saturated rings. The third-order valence-corrected chi connectivity index (χ3v) is 4.24. The minimum Gasteiger partial charge on any atom is -0.369 e. The molecular formula is C14H21BrN4. The molecule has 0 bridgehead atoms. The lowest BCUT2D eigenvalue weighted by Crippen LogP contribution is -2.31. The average Bonchev–Trinajstić information content (AvgIpc) is 3.28. The van der Waals surface area contributed by atoms with E-state index in [4.69, 9.17) is 0 Å². The summed E-state index contributed by atoms with van der Waals surface area (Å²) < 4.78 is 0.890. The Balaban J connectivity index is 1.53. The molecule has 2 aliphatic rings. The first kappa shape index (κ1) is 13.3. The van der Waals surface area contributed by atoms with E-state index in [0.717, 1.165) is 41.9 Å². The highest BCUT2D eigenvalue weighted by molar-refractivity contribution is 9.10. The molecule has 1 aromatic rings. The molecular weight excluding hydrogens is 304 g/mol. The highest BCUT2D eigenvalue weighted by Gasteiger charge is 2.28. The van der Waals surface area contributed by atoms with Gasteiger partial charge < -0.3 is 5.32 Å². The topological polar surface area (TPSA) is 41.0 Å². The van der Waals surface area contributed by atoms with E-state index in [1.165, 1.54) is 25.7 Å². The minimum absolute atomic E-state index is 0.594. The maximum atomic E-state index is 4.61. The summed E-state index contributed by atoms with van der Waals surface area (Å²) in [6.45, 7) is 5.44. The zero-order chi connectivity index (χ0) is 13.2. The Hall–Kier alpha value is -0.680. The second-order valence-corrected chi connectivity index (χ2v) is 6.31. The number of hydrogen-bond acceptors (Lipinski definition) is 4. The van der Waals surface area contributed by atoms with Gasteiger partial charge in [0, 0.05) is 31.1 Å². The molecule has 0 unspecified atom stereocenters. The summed E-state index contributed by atoms with van der Waals surface area (Å²) in [6, 6.07) is 2.81. The van der Waals surface area contributed by atoms with Crippen molar-refractivity contribution in [3.8, 4) is 0 Å². The van der Waals surface area contributed by atoms with Crippen LogP contribution in [-0.2, 0) is 0 Å². The third-order valence-electron chi connectivity index (χ3n) is 3.83. The summed E-state index contributed by atoms with van der Waals surface area (Å²) in [5, 5.41) is 3.43. The Bertz CT molecular complexity index is 443. The lowest BCUT2D eigenvalue weighted by atomic mass is 10.4. The number of anilines is 1. The second kappa shape index (κ2) is 5.75. The van der Waals surface area contributed by atoms with Crippen molar-refractivity contribution in [1.29, 1.82) is 0 Å². The van der Waals surface area contributed by atoms with Crippen LogP contribution in [0.4, 0.5) is 5.82 Å². The predicted molar refractivity (Wildman–Crippen MR) is 80.5 cm³/mol. The summed E-state index contributed by atoms with van der Waals surface area (Å²) >= 11 is 3.48. The lowest BCUT2D eigenvalue weighted by molar-refractivity contribution is 0.289. The number of nitrogens with one attached hydrogen (secondary N) is 1. The number of aromatic nitrogens is 2. The lowest BCUT2D eigenvalue weighted by Gasteiger charge is -2.20. The first-order chi connectivity index (χ1) is 9.26. The van der Waals surface area contributed by atoms with Crippen molar-refractivity contribution < 1.29 is 0 Å². The van der Waals surface area contributed by atoms with Crippen molar-refractivity contribution in [2.75, 3.05) is 25.0 Å². The number of halogens is 1. The molecule has 104 valence electrons. The molecule has 2 aliphatic carbocycles. The zero-order valence-corrected chi connectivity index (χ0v) is 13.0. The molecule has 2 saturated carbocycles. The van der Waals surface area contributed by atoms with Gasteiger partial charge in [-0.15, -0.1) is 0 Å². The van der Waals surface area contributed by atoms with Gasteiger partial charge in [0.2, 0.25) is 0 Å². The van der Waals surface area contributed by atoms with Crippen LogP contribution in [0.25, 0.3) is 0 Å². The van der Waals surface area contributed by atoms with Crippen molar-refractivity contribution in [3.63, 3.8) is 0 Å². The van der Waals surface area contributed by atoms with Gasteiger partial charge in [0.25, 0.3) is 0 Å². The van der Waals surface area contributed by atoms with E-state index in [0.29, 0.717) is 5.92 Å². The molecule has 0 amide bonds. The van der Waals surface area contributed by atoms with Crippen LogP contribution in [0.2, 0.25) is 0 Å². The molecule has 0 atom stereocenters. The smallest absolute Gasteiger partial charge is 0.135 e. The number of nitrogens with zero attached hydrogens (tertiary/aromatic N) is 3. The first-order valence-electron chi connectivity index (χ1n) is 7.28. The molecule has 5 heteroatoms. The number of hydrogen-bond donors (Lipinski definition) is 1. The summed E-state index contributed by atoms with van der Waals surface area (Å²) in [4.78, 5) is 11.6. The van der Waals surface area contributed by atoms with Crippen molar-refractivity contribution >= 4 is 21.7 Å². The quantitative estimate of drug-likeness (QED) is 0.783. The molecule has 0 aliphatic heterocycles. The van der Waals surface area contributed by atoms with Gasteiger partial charge >= 0.3 is 0 Å². The van der Waals surface area contributed by atoms with E-state index in [1.807, 2.05) is 6.07 Å². The fraction of sp³-hybridized carbons (Fsp3) is 0.714. The normalized spacial score (nSPS) is 18.9. The fourth-order valence-corrected chi connectivity index (χ4v) is 2.81. The molecule has 3 rings (SSSR count). The van der Waals surface area contributed by atoms with E-state index in [2.05, 4.69) is 43.0 Å². The molecule has 19 heavy (non-hydrogen) atoms. The molecule has 1 heterocycles. The van der Waals surface area contributed by atoms with E-state index in [-0.39, 0.29) is 0 Å². The number of likely N-dealkylation sites (N-methyl/N-ethyl adjacent to an activating group) is 1. The maximum absolute atomic E-state index is 4.61. The van der Waals surface area contributed by atoms with Crippen LogP contribution in [0.1, 0.15) is 44.3 Å². The van der Waals surface area contributed by atoms with Crippen LogP contribution in [-0.4, -0.2) is 40.5 Å². The van der Waals surface area contributed by atoms with Crippen LogP contribution < -0.4 is 5.32 Å². The molecule has 0 spiro atoms. The van der Waals surface area contributed by atoms with Gasteiger partial charge in [0.05, 0.1) is 0 Å². The van der Waals surface area contributed by atoms with Crippen LogP contribution in [0.5, 0.6) is 0 Å². The van der Waals surface area contributed by atoms with E-state index in [1.54, 1.807) is 0 Å². The van der Waals surface area contributed by atoms with Crippen molar-refractivity contribution in [1.82, 2.24) is 14.9 Å². The highest BCUT2D eigenvalue weighted by Crippen LogP contribution is 2.38. The largest absolute Gasteiger partial charge is 0.369 e. The molecule has 0 aromatic carbocycles. The van der Waals surface area contributed by atoms with Crippen LogP contribution in [0.15, 0.2) is 10.7 Å². The van der Waals surface area contributed by atoms with Crippen LogP contribution in [0.3, 0.4) is 0 Å². The highest BCUT2D eigenvalue weighted by atomic mass is 79.9. The van der Waals surface area contributed by atoms with Crippen molar-refractivity contribution in [2.45, 2.75) is 44.6 Å². The van der Waals surface area contributed by atoms with Crippen LogP contribution >= 0.6 is 15.9 Å². The molecule has 1 N–H and O–H groups in total. The Kier molecular flexibility index (Phi) is 4.03. The van der Waals surface area contributed by atoms with Crippen molar-refractivity contribution in [3.05, 3.63) is 16.5 Å². The fourth-order valence-electron chi connectivity index (χ4n) is 2.42. The second-order valence-electron chi connectivity index (χ2n) is 5.49. The zero-order valence-electron chi connectivity index (χ0n) is 11.4. The molecule has 1 aromatic heterocycles. The Labute approximate surface area is 123 Å². The summed E-state index contributed by atoms with van der Waals surface area (Å²) in [5.74, 6) is 2.54. The first-order valence-corrected chi connectivity index (χ1v) is 8.08. The summed E-state index contributed by atoms with van der Waals surface area (Å²) in [5.41, 5.74) is 0. The van der Waals surface area contributed by atoms with Gasteiger partial charge in [-0.05, 0) is 48.2 Å². The number of rotatable bonds is 7. The van der Waals surface area contributed by atoms with Gasteiger partial charge in [-0.1, -0.05) is 6.92 Å². The van der Waals surface area contributed by atoms with E-state index < -0.39 is 0 Å². The Morgan fingerprint density at radius 3 is 2.74 bits per heavy atom. The average molecular weight is 325 g/mol. The standard InChI is InChI=1S/C14H21BrN4/c1-2-19(11-5-6-11)8-7-16-13-9-12(15)17-14(18-13)10-3-4-10/h9-11H,2-8H2,1H3,(H,16,17,18). The van der Waals surface area contributed by atoms with Gasteiger partial charge in [0.15, 0.2) is 0 Å². The van der Waals surface area contributed by atoms with Crippen molar-refractivity contribution in [2.24, 2.45) is 0 Å². The molecule has 0 saturated heterocycles. The third kappa shape index (κ3) is 3.66. The minimum atomic E-state index is 0.594. The molecule has 0 radical (unpaired) electrons. The van der Waals surface area contributed by atoms with Gasteiger partial charge in [-0.2, -0.15) is 0 Å². The van der Waals surface area contributed by atoms with E-state index >= 15 is 0 Å². The molecule has 4 nitrogen and oxygen atoms in total. The van der Waals surface area contributed by atoms with Gasteiger partial charge in [0.1, 0.15) is 16.2 Å². The van der Waals surface area contributed by atoms with Gasteiger partial charge in [-0.25, -0.2) is 9.97 Å². The van der Waals surface area contributed by atoms with E-state index in [9.17, 15) is 0 Å². The maximum Gasteiger partial charge on any atom is 0.135 e. The monoisotopic (exact) mass is 324 g/mol. The Morgan fingerprint density at radius 1 is 1.32 bits per heavy atom. The summed E-state index contributed by atoms with van der Waals surface area (Å²) in [7, 11) is 0. The van der Waals surface area contributed by atoms with Gasteiger partial charge in [-0.3, -0.25) is 4.90 Å². The predicted octanol–water partition coefficient (Wildman–Crippen LogP) is 3.01. The SMILES string of the molecule is CCN(CCNc1cc(Br)nc(C2CC2)n1)C1CC1. The van der Waals surface area contributed by atoms with Crippen LogP contribution in [0, 0.1) is 0 Å². The Morgan fingerprint density at radius 2 is 2.11 bits per heavy atom. The summed E-state index contributed by atoms with van der Waals surface area (Å²) in [6.07, 6.45) is 5.22.